The second-order valence-corrected chi connectivity index (χ2v) is 11.9. The van der Waals surface area contributed by atoms with Crippen LogP contribution in [0.1, 0.15) is 72.6 Å². The highest BCUT2D eigenvalue weighted by Crippen LogP contribution is 2.37. The molecule has 2 aliphatic rings. The lowest BCUT2D eigenvalue weighted by Crippen LogP contribution is -2.26. The molecule has 0 N–H and O–H groups in total. The Hall–Kier alpha value is -2.04. The van der Waals surface area contributed by atoms with Crippen molar-refractivity contribution < 1.29 is 0 Å². The molecule has 172 valence electrons. The van der Waals surface area contributed by atoms with E-state index in [-0.39, 0.29) is 17.2 Å². The summed E-state index contributed by atoms with van der Waals surface area (Å²) in [6.45, 7) is 2.02. The first-order valence-electron chi connectivity index (χ1n) is 11.7. The maximum Gasteiger partial charge on any atom is 0.275 e. The van der Waals surface area contributed by atoms with Gasteiger partial charge in [-0.25, -0.2) is 9.97 Å². The van der Waals surface area contributed by atoms with Gasteiger partial charge < -0.3 is 0 Å². The molecule has 2 aliphatic carbocycles. The van der Waals surface area contributed by atoms with E-state index in [1.807, 2.05) is 11.5 Å². The highest BCUT2D eigenvalue weighted by atomic mass is 32.2. The van der Waals surface area contributed by atoms with Crippen molar-refractivity contribution in [1.29, 1.82) is 0 Å². The zero-order chi connectivity index (χ0) is 22.5. The zero-order valence-corrected chi connectivity index (χ0v) is 21.0. The lowest BCUT2D eigenvalue weighted by atomic mass is 9.97. The Morgan fingerprint density at radius 1 is 1.09 bits per heavy atom. The molecule has 0 aliphatic heterocycles. The van der Waals surface area contributed by atoms with Crippen LogP contribution in [0.4, 0.5) is 0 Å². The molecule has 10 heteroatoms. The number of thioether (sulfide) groups is 1. The number of hydrogen-bond donors (Lipinski definition) is 0. The molecule has 1 saturated carbocycles. The van der Waals surface area contributed by atoms with Crippen molar-refractivity contribution in [3.63, 3.8) is 0 Å². The minimum atomic E-state index is -0.158. The third-order valence-corrected chi connectivity index (χ3v) is 9.89. The fourth-order valence-electron chi connectivity index (χ4n) is 5.04. The molecule has 0 aromatic carbocycles. The summed E-state index contributed by atoms with van der Waals surface area (Å²) in [4.78, 5) is 38.9. The normalized spacial score (nSPS) is 16.8. The molecule has 4 aromatic rings. The maximum absolute atomic E-state index is 13.8. The van der Waals surface area contributed by atoms with Gasteiger partial charge in [-0.1, -0.05) is 42.9 Å². The Kier molecular flexibility index (Phi) is 5.62. The zero-order valence-electron chi connectivity index (χ0n) is 18.5. The second kappa shape index (κ2) is 8.63. The molecule has 0 saturated heterocycles. The first kappa shape index (κ1) is 21.5. The van der Waals surface area contributed by atoms with Crippen LogP contribution in [0, 0.1) is 0 Å². The van der Waals surface area contributed by atoms with Crippen molar-refractivity contribution in [3.05, 3.63) is 47.9 Å². The SMILES string of the molecule is CCc1nn2c(=O)cc(CSc3nc4sc5c(c4c(=O)n3C3CCCC3)CCCC5)nc2s1. The average Bonchev–Trinajstić information content (AvgIpc) is 3.55. The standard InChI is InChI=1S/C23H25N5O2S3/c1-2-17-26-28-18(29)11-13(24-23(28)33-17)12-31-22-25-20-19(15-9-5-6-10-16(15)32-20)21(30)27(22)14-7-3-4-8-14/h11,14H,2-10,12H2,1H3. The molecule has 0 radical (unpaired) electrons. The predicted molar refractivity (Wildman–Crippen MR) is 134 cm³/mol. The van der Waals surface area contributed by atoms with Gasteiger partial charge in [0.05, 0.1) is 11.1 Å². The number of aromatic nitrogens is 5. The third-order valence-electron chi connectivity index (χ3n) is 6.67. The Morgan fingerprint density at radius 2 is 1.91 bits per heavy atom. The minimum absolute atomic E-state index is 0.132. The van der Waals surface area contributed by atoms with Crippen molar-refractivity contribution >= 4 is 49.6 Å². The van der Waals surface area contributed by atoms with E-state index < -0.39 is 0 Å². The predicted octanol–water partition coefficient (Wildman–Crippen LogP) is 4.77. The van der Waals surface area contributed by atoms with E-state index in [0.29, 0.717) is 16.4 Å². The molecular formula is C23H25N5O2S3. The topological polar surface area (TPSA) is 82.2 Å². The van der Waals surface area contributed by atoms with E-state index in [1.54, 1.807) is 17.4 Å². The van der Waals surface area contributed by atoms with E-state index in [0.717, 1.165) is 71.7 Å². The van der Waals surface area contributed by atoms with Gasteiger partial charge in [0.25, 0.3) is 11.1 Å². The van der Waals surface area contributed by atoms with Crippen LogP contribution in [-0.2, 0) is 25.0 Å². The number of aryl methyl sites for hydroxylation is 3. The fourth-order valence-corrected chi connectivity index (χ4v) is 8.16. The molecule has 7 nitrogen and oxygen atoms in total. The third kappa shape index (κ3) is 3.76. The Bertz CT molecular complexity index is 1480. The molecule has 4 heterocycles. The monoisotopic (exact) mass is 499 g/mol. The molecule has 6 rings (SSSR count). The molecule has 1 fully saturated rings. The summed E-state index contributed by atoms with van der Waals surface area (Å²) >= 11 is 4.67. The van der Waals surface area contributed by atoms with Crippen LogP contribution in [0.15, 0.2) is 20.8 Å². The summed E-state index contributed by atoms with van der Waals surface area (Å²) < 4.78 is 3.35. The van der Waals surface area contributed by atoms with Crippen LogP contribution in [-0.4, -0.2) is 24.1 Å². The minimum Gasteiger partial charge on any atom is -0.284 e. The van der Waals surface area contributed by atoms with Gasteiger partial charge in [-0.15, -0.1) is 11.3 Å². The van der Waals surface area contributed by atoms with Gasteiger partial charge in [-0.05, 0) is 50.5 Å². The van der Waals surface area contributed by atoms with Crippen molar-refractivity contribution in [2.75, 3.05) is 0 Å². The number of thiophene rings is 1. The molecule has 4 aromatic heterocycles. The molecule has 0 spiro atoms. The molecule has 0 bridgehead atoms. The Balaban J connectivity index is 1.41. The van der Waals surface area contributed by atoms with E-state index in [1.165, 1.54) is 44.5 Å². The molecule has 0 unspecified atom stereocenters. The lowest BCUT2D eigenvalue weighted by molar-refractivity contribution is 0.457. The molecular weight excluding hydrogens is 474 g/mol. The van der Waals surface area contributed by atoms with Crippen molar-refractivity contribution in [1.82, 2.24) is 24.1 Å². The first-order valence-corrected chi connectivity index (χ1v) is 14.3. The summed E-state index contributed by atoms with van der Waals surface area (Å²) in [6, 6.07) is 1.77. The van der Waals surface area contributed by atoms with Gasteiger partial charge in [0, 0.05) is 22.7 Å². The average molecular weight is 500 g/mol. The smallest absolute Gasteiger partial charge is 0.275 e. The highest BCUT2D eigenvalue weighted by Gasteiger charge is 2.27. The first-order chi connectivity index (χ1) is 16.1. The Morgan fingerprint density at radius 3 is 2.73 bits per heavy atom. The van der Waals surface area contributed by atoms with E-state index in [4.69, 9.17) is 4.98 Å². The van der Waals surface area contributed by atoms with E-state index >= 15 is 0 Å². The largest absolute Gasteiger partial charge is 0.284 e. The quantitative estimate of drug-likeness (QED) is 0.291. The van der Waals surface area contributed by atoms with Gasteiger partial charge in [0.1, 0.15) is 9.84 Å². The lowest BCUT2D eigenvalue weighted by Gasteiger charge is -2.18. The maximum atomic E-state index is 13.8. The van der Waals surface area contributed by atoms with Gasteiger partial charge in [-0.3, -0.25) is 14.2 Å². The van der Waals surface area contributed by atoms with E-state index in [9.17, 15) is 9.59 Å². The van der Waals surface area contributed by atoms with Crippen molar-refractivity contribution in [2.24, 2.45) is 0 Å². The van der Waals surface area contributed by atoms with Gasteiger partial charge in [0.15, 0.2) is 5.16 Å². The van der Waals surface area contributed by atoms with Crippen LogP contribution >= 0.6 is 34.4 Å². The number of hydrogen-bond acceptors (Lipinski definition) is 8. The summed E-state index contributed by atoms with van der Waals surface area (Å²) in [5.41, 5.74) is 1.93. The number of nitrogens with zero attached hydrogens (tertiary/aromatic N) is 5. The fraction of sp³-hybridized carbons (Fsp3) is 0.522. The second-order valence-electron chi connectivity index (χ2n) is 8.82. The van der Waals surface area contributed by atoms with Crippen LogP contribution in [0.2, 0.25) is 0 Å². The molecule has 0 atom stereocenters. The molecule has 0 amide bonds. The summed E-state index contributed by atoms with van der Waals surface area (Å²) in [5.74, 6) is 0.501. The number of fused-ring (bicyclic) bond motifs is 4. The van der Waals surface area contributed by atoms with Crippen LogP contribution in [0.5, 0.6) is 0 Å². The summed E-state index contributed by atoms with van der Waals surface area (Å²) in [6.07, 6.45) is 9.54. The van der Waals surface area contributed by atoms with Crippen molar-refractivity contribution in [2.45, 2.75) is 81.7 Å². The molecule has 33 heavy (non-hydrogen) atoms. The van der Waals surface area contributed by atoms with Gasteiger partial charge in [-0.2, -0.15) is 9.61 Å². The summed E-state index contributed by atoms with van der Waals surface area (Å²) in [5, 5.41) is 6.85. The van der Waals surface area contributed by atoms with Crippen LogP contribution in [0.3, 0.4) is 0 Å². The number of rotatable bonds is 5. The highest BCUT2D eigenvalue weighted by molar-refractivity contribution is 7.98. The van der Waals surface area contributed by atoms with E-state index in [2.05, 4.69) is 10.1 Å². The van der Waals surface area contributed by atoms with Crippen molar-refractivity contribution in [3.8, 4) is 0 Å². The van der Waals surface area contributed by atoms with Crippen LogP contribution < -0.4 is 11.1 Å². The summed E-state index contributed by atoms with van der Waals surface area (Å²) in [7, 11) is 0. The Labute approximate surface area is 202 Å². The van der Waals surface area contributed by atoms with Gasteiger partial charge in [0.2, 0.25) is 4.96 Å². The van der Waals surface area contributed by atoms with Crippen LogP contribution in [0.25, 0.3) is 15.2 Å². The van der Waals surface area contributed by atoms with Gasteiger partial charge >= 0.3 is 0 Å².